The summed E-state index contributed by atoms with van der Waals surface area (Å²) >= 11 is 0. The largest absolute Gasteiger partial charge is 0.394 e. The molecule has 0 radical (unpaired) electrons. The van der Waals surface area contributed by atoms with Gasteiger partial charge in [0.05, 0.1) is 18.2 Å². The highest BCUT2D eigenvalue weighted by atomic mass is 16.3. The van der Waals surface area contributed by atoms with Gasteiger partial charge in [-0.3, -0.25) is 0 Å². The third-order valence-corrected chi connectivity index (χ3v) is 4.97. The lowest BCUT2D eigenvalue weighted by atomic mass is 10.1. The Bertz CT molecular complexity index is 1220. The first-order chi connectivity index (χ1) is 13.4. The van der Waals surface area contributed by atoms with E-state index in [4.69, 9.17) is 0 Å². The van der Waals surface area contributed by atoms with Crippen molar-refractivity contribution in [3.05, 3.63) is 90.6 Å². The van der Waals surface area contributed by atoms with Crippen LogP contribution in [0.25, 0.3) is 27.6 Å². The molecule has 5 heteroatoms. The summed E-state index contributed by atoms with van der Waals surface area (Å²) in [6, 6.07) is 25.9. The van der Waals surface area contributed by atoms with Gasteiger partial charge in [0.1, 0.15) is 11.3 Å². The maximum Gasteiger partial charge on any atom is 0.145 e. The van der Waals surface area contributed by atoms with E-state index in [0.717, 1.165) is 33.2 Å². The van der Waals surface area contributed by atoms with Crippen LogP contribution < -0.4 is 0 Å². The predicted octanol–water partition coefficient (Wildman–Crippen LogP) is 3.96. The van der Waals surface area contributed by atoms with Gasteiger partial charge in [-0.2, -0.15) is 4.68 Å². The lowest BCUT2D eigenvalue weighted by Gasteiger charge is -2.20. The molecule has 0 amide bonds. The Morgan fingerprint density at radius 3 is 2.44 bits per heavy atom. The molecule has 0 aliphatic carbocycles. The molecule has 0 fully saturated rings. The molecule has 2 heterocycles. The number of aromatic nitrogens is 4. The van der Waals surface area contributed by atoms with Crippen LogP contribution in [0, 0.1) is 0 Å². The van der Waals surface area contributed by atoms with Crippen molar-refractivity contribution in [2.45, 2.75) is 6.04 Å². The lowest BCUT2D eigenvalue weighted by Crippen LogP contribution is -2.17. The molecular weight excluding hydrogens is 336 g/mol. The molecule has 1 atom stereocenters. The number of aliphatic hydroxyl groups is 1. The lowest BCUT2D eigenvalue weighted by molar-refractivity contribution is 0.249. The third-order valence-electron chi connectivity index (χ3n) is 4.97. The second kappa shape index (κ2) is 6.37. The SMILES string of the molecule is OCC(c1ccccc1)n1cc2ccccc2c1-n1nnc2ccccc21. The molecule has 0 bridgehead atoms. The molecule has 2 aromatic heterocycles. The standard InChI is InChI=1S/C22H18N4O/c27-15-21(16-8-2-1-3-9-16)25-14-17-10-4-5-11-18(17)22(25)26-20-13-7-6-12-19(20)23-24-26/h1-14,21,27H,15H2. The maximum atomic E-state index is 10.2. The van der Waals surface area contributed by atoms with Crippen LogP contribution in [0.3, 0.4) is 0 Å². The van der Waals surface area contributed by atoms with Gasteiger partial charge in [-0.15, -0.1) is 5.10 Å². The zero-order valence-electron chi connectivity index (χ0n) is 14.6. The summed E-state index contributed by atoms with van der Waals surface area (Å²) in [7, 11) is 0. The van der Waals surface area contributed by atoms with Crippen LogP contribution in [0.2, 0.25) is 0 Å². The quantitative estimate of drug-likeness (QED) is 0.531. The van der Waals surface area contributed by atoms with Gasteiger partial charge in [0.25, 0.3) is 0 Å². The van der Waals surface area contributed by atoms with Gasteiger partial charge >= 0.3 is 0 Å². The number of rotatable bonds is 4. The number of hydrogen-bond donors (Lipinski definition) is 1. The summed E-state index contributed by atoms with van der Waals surface area (Å²) in [5, 5.41) is 21.1. The molecule has 3 aromatic carbocycles. The molecule has 0 aliphatic rings. The fourth-order valence-electron chi connectivity index (χ4n) is 3.68. The van der Waals surface area contributed by atoms with Gasteiger partial charge in [-0.1, -0.05) is 71.9 Å². The van der Waals surface area contributed by atoms with Crippen molar-refractivity contribution in [1.82, 2.24) is 19.6 Å². The van der Waals surface area contributed by atoms with Crippen molar-refractivity contribution in [1.29, 1.82) is 0 Å². The normalized spacial score (nSPS) is 12.6. The summed E-state index contributed by atoms with van der Waals surface area (Å²) in [6.07, 6.45) is 2.08. The first-order valence-electron chi connectivity index (χ1n) is 8.93. The van der Waals surface area contributed by atoms with Crippen LogP contribution in [0.4, 0.5) is 0 Å². The molecule has 0 spiro atoms. The van der Waals surface area contributed by atoms with E-state index >= 15 is 0 Å². The topological polar surface area (TPSA) is 55.9 Å². The van der Waals surface area contributed by atoms with Gasteiger partial charge < -0.3 is 9.67 Å². The first kappa shape index (κ1) is 15.8. The number of aliphatic hydroxyl groups excluding tert-OH is 1. The predicted molar refractivity (Wildman–Crippen MR) is 106 cm³/mol. The first-order valence-corrected chi connectivity index (χ1v) is 8.93. The number of nitrogens with zero attached hydrogens (tertiary/aromatic N) is 4. The van der Waals surface area contributed by atoms with Crippen molar-refractivity contribution in [3.8, 4) is 5.82 Å². The Balaban J connectivity index is 1.82. The molecule has 0 aliphatic heterocycles. The molecule has 132 valence electrons. The fourth-order valence-corrected chi connectivity index (χ4v) is 3.68. The molecule has 0 saturated heterocycles. The Morgan fingerprint density at radius 2 is 1.59 bits per heavy atom. The fraction of sp³-hybridized carbons (Fsp3) is 0.0909. The van der Waals surface area contributed by atoms with Gasteiger partial charge in [-0.05, 0) is 17.7 Å². The van der Waals surface area contributed by atoms with Crippen LogP contribution in [0.15, 0.2) is 85.1 Å². The van der Waals surface area contributed by atoms with E-state index in [2.05, 4.69) is 33.2 Å². The molecule has 0 saturated carbocycles. The van der Waals surface area contributed by atoms with E-state index < -0.39 is 0 Å². The molecule has 27 heavy (non-hydrogen) atoms. The minimum atomic E-state index is -0.212. The molecule has 5 nitrogen and oxygen atoms in total. The third kappa shape index (κ3) is 2.52. The van der Waals surface area contributed by atoms with Crippen LogP contribution in [-0.2, 0) is 0 Å². The number of para-hydroxylation sites is 1. The van der Waals surface area contributed by atoms with E-state index in [9.17, 15) is 5.11 Å². The van der Waals surface area contributed by atoms with Crippen LogP contribution in [0.1, 0.15) is 11.6 Å². The second-order valence-electron chi connectivity index (χ2n) is 6.55. The summed E-state index contributed by atoms with van der Waals surface area (Å²) in [5.41, 5.74) is 2.83. The Labute approximate surface area is 156 Å². The zero-order chi connectivity index (χ0) is 18.2. The molecule has 1 unspecified atom stereocenters. The second-order valence-corrected chi connectivity index (χ2v) is 6.55. The van der Waals surface area contributed by atoms with Crippen molar-refractivity contribution >= 4 is 21.8 Å². The van der Waals surface area contributed by atoms with Gasteiger partial charge in [0.15, 0.2) is 0 Å². The highest BCUT2D eigenvalue weighted by Crippen LogP contribution is 2.31. The minimum Gasteiger partial charge on any atom is -0.394 e. The van der Waals surface area contributed by atoms with E-state index in [1.807, 2.05) is 71.4 Å². The molecular formula is C22H18N4O. The summed E-state index contributed by atoms with van der Waals surface area (Å²) in [4.78, 5) is 0. The summed E-state index contributed by atoms with van der Waals surface area (Å²) < 4.78 is 3.96. The van der Waals surface area contributed by atoms with Crippen molar-refractivity contribution in [2.24, 2.45) is 0 Å². The minimum absolute atomic E-state index is 0.00929. The van der Waals surface area contributed by atoms with Crippen LogP contribution in [-0.4, -0.2) is 31.3 Å². The number of hydrogen-bond acceptors (Lipinski definition) is 3. The molecule has 5 rings (SSSR count). The Morgan fingerprint density at radius 1 is 0.852 bits per heavy atom. The molecule has 1 N–H and O–H groups in total. The van der Waals surface area contributed by atoms with E-state index in [-0.39, 0.29) is 12.6 Å². The van der Waals surface area contributed by atoms with Crippen molar-refractivity contribution < 1.29 is 5.11 Å². The van der Waals surface area contributed by atoms with Gasteiger partial charge in [0.2, 0.25) is 0 Å². The number of fused-ring (bicyclic) bond motifs is 2. The smallest absolute Gasteiger partial charge is 0.145 e. The van der Waals surface area contributed by atoms with E-state index in [0.29, 0.717) is 0 Å². The monoisotopic (exact) mass is 354 g/mol. The van der Waals surface area contributed by atoms with E-state index in [1.165, 1.54) is 0 Å². The Hall–Kier alpha value is -3.44. The maximum absolute atomic E-state index is 10.2. The van der Waals surface area contributed by atoms with E-state index in [1.54, 1.807) is 0 Å². The summed E-state index contributed by atoms with van der Waals surface area (Å²) in [5.74, 6) is 0.905. The number of benzene rings is 3. The molecule has 5 aromatic rings. The van der Waals surface area contributed by atoms with Crippen molar-refractivity contribution in [3.63, 3.8) is 0 Å². The van der Waals surface area contributed by atoms with Crippen molar-refractivity contribution in [2.75, 3.05) is 6.61 Å². The van der Waals surface area contributed by atoms with Crippen LogP contribution >= 0.6 is 0 Å². The highest BCUT2D eigenvalue weighted by Gasteiger charge is 2.21. The highest BCUT2D eigenvalue weighted by molar-refractivity contribution is 5.91. The average molecular weight is 354 g/mol. The van der Waals surface area contributed by atoms with Gasteiger partial charge in [-0.25, -0.2) is 0 Å². The average Bonchev–Trinajstić information content (AvgIpc) is 3.30. The summed E-state index contributed by atoms with van der Waals surface area (Å²) in [6.45, 7) is -0.00929. The van der Waals surface area contributed by atoms with Crippen LogP contribution in [0.5, 0.6) is 0 Å². The van der Waals surface area contributed by atoms with Gasteiger partial charge in [0, 0.05) is 17.0 Å². The Kier molecular flexibility index (Phi) is 3.73. The zero-order valence-corrected chi connectivity index (χ0v) is 14.6.